The first kappa shape index (κ1) is 16.1. The quantitative estimate of drug-likeness (QED) is 0.346. The van der Waals surface area contributed by atoms with Gasteiger partial charge in [0.1, 0.15) is 5.75 Å². The lowest BCUT2D eigenvalue weighted by atomic mass is 10.1. The van der Waals surface area contributed by atoms with Gasteiger partial charge in [0.25, 0.3) is 0 Å². The summed E-state index contributed by atoms with van der Waals surface area (Å²) in [7, 11) is 0. The lowest BCUT2D eigenvalue weighted by molar-refractivity contribution is -0.134. The minimum atomic E-state index is -0.272. The Kier molecular flexibility index (Phi) is 4.38. The molecule has 1 aromatic heterocycles. The minimum Gasteiger partial charge on any atom is -0.426 e. The van der Waals surface area contributed by atoms with Crippen LogP contribution in [0.15, 0.2) is 60.7 Å². The number of aryl methyl sites for hydroxylation is 1. The first-order chi connectivity index (χ1) is 12.2. The van der Waals surface area contributed by atoms with Crippen molar-refractivity contribution in [1.82, 2.24) is 4.98 Å². The topological polar surface area (TPSA) is 39.2 Å². The molecule has 0 amide bonds. The lowest BCUT2D eigenvalue weighted by Crippen LogP contribution is -2.09. The van der Waals surface area contributed by atoms with Crippen molar-refractivity contribution in [2.45, 2.75) is 12.8 Å². The smallest absolute Gasteiger partial charge is 0.311 e. The Morgan fingerprint density at radius 2 is 1.76 bits per heavy atom. The first-order valence-electron chi connectivity index (χ1n) is 7.93. The van der Waals surface area contributed by atoms with E-state index < -0.39 is 0 Å². The maximum atomic E-state index is 12.3. The number of thiazole rings is 1. The van der Waals surface area contributed by atoms with Crippen LogP contribution in [0.5, 0.6) is 5.75 Å². The molecule has 25 heavy (non-hydrogen) atoms. The molecule has 1 heterocycles. The monoisotopic (exact) mass is 367 g/mol. The van der Waals surface area contributed by atoms with Crippen molar-refractivity contribution in [2.75, 3.05) is 0 Å². The predicted molar refractivity (Wildman–Crippen MR) is 103 cm³/mol. The molecule has 4 aromatic rings. The average Bonchev–Trinajstić information content (AvgIpc) is 3.06. The van der Waals surface area contributed by atoms with Gasteiger partial charge in [-0.05, 0) is 24.3 Å². The van der Waals surface area contributed by atoms with Gasteiger partial charge in [0.15, 0.2) is 0 Å². The van der Waals surface area contributed by atoms with E-state index in [2.05, 4.69) is 4.98 Å². The van der Waals surface area contributed by atoms with E-state index >= 15 is 0 Å². The summed E-state index contributed by atoms with van der Waals surface area (Å²) in [4.78, 5) is 16.8. The molecule has 0 bridgehead atoms. The number of ether oxygens (including phenoxy) is 1. The highest BCUT2D eigenvalue weighted by atomic mass is 35.5. The van der Waals surface area contributed by atoms with Crippen LogP contribution in [0.4, 0.5) is 0 Å². The van der Waals surface area contributed by atoms with Crippen LogP contribution in [0.1, 0.15) is 11.4 Å². The number of carbonyl (C=O) groups is 1. The van der Waals surface area contributed by atoms with Crippen molar-refractivity contribution < 1.29 is 9.53 Å². The van der Waals surface area contributed by atoms with E-state index in [0.717, 1.165) is 26.0 Å². The van der Waals surface area contributed by atoms with E-state index in [1.165, 1.54) is 0 Å². The van der Waals surface area contributed by atoms with Crippen LogP contribution in [-0.2, 0) is 11.2 Å². The van der Waals surface area contributed by atoms with E-state index in [-0.39, 0.29) is 12.4 Å². The van der Waals surface area contributed by atoms with Gasteiger partial charge in [-0.25, -0.2) is 4.98 Å². The molecule has 0 saturated carbocycles. The van der Waals surface area contributed by atoms with Crippen molar-refractivity contribution in [3.8, 4) is 5.75 Å². The van der Waals surface area contributed by atoms with E-state index in [1.54, 1.807) is 23.5 Å². The minimum absolute atomic E-state index is 0.272. The number of rotatable bonds is 4. The van der Waals surface area contributed by atoms with Crippen molar-refractivity contribution in [3.05, 3.63) is 70.7 Å². The molecule has 3 nitrogen and oxygen atoms in total. The summed E-state index contributed by atoms with van der Waals surface area (Å²) in [6.07, 6.45) is 0.862. The summed E-state index contributed by atoms with van der Waals surface area (Å²) >= 11 is 7.81. The number of fused-ring (bicyclic) bond motifs is 2. The van der Waals surface area contributed by atoms with Crippen LogP contribution < -0.4 is 4.74 Å². The molecular weight excluding hydrogens is 354 g/mol. The molecule has 0 fully saturated rings. The van der Waals surface area contributed by atoms with E-state index in [0.29, 0.717) is 17.2 Å². The van der Waals surface area contributed by atoms with Crippen LogP contribution in [0.3, 0.4) is 0 Å². The van der Waals surface area contributed by atoms with Crippen LogP contribution >= 0.6 is 22.9 Å². The fourth-order valence-corrected chi connectivity index (χ4v) is 3.93. The summed E-state index contributed by atoms with van der Waals surface area (Å²) in [6.45, 7) is 0. The third kappa shape index (κ3) is 3.36. The molecule has 0 aliphatic carbocycles. The molecule has 0 aliphatic rings. The van der Waals surface area contributed by atoms with Crippen LogP contribution in [0, 0.1) is 0 Å². The third-order valence-electron chi connectivity index (χ3n) is 3.94. The Morgan fingerprint density at radius 1 is 1.00 bits per heavy atom. The van der Waals surface area contributed by atoms with Crippen LogP contribution in [0.25, 0.3) is 21.0 Å². The van der Waals surface area contributed by atoms with Gasteiger partial charge in [0.2, 0.25) is 0 Å². The highest BCUT2D eigenvalue weighted by Crippen LogP contribution is 2.31. The highest BCUT2D eigenvalue weighted by molar-refractivity contribution is 7.18. The number of benzene rings is 3. The second kappa shape index (κ2) is 6.82. The Bertz CT molecular complexity index is 1040. The zero-order valence-electron chi connectivity index (χ0n) is 13.2. The number of nitrogens with zero attached hydrogens (tertiary/aromatic N) is 1. The molecule has 5 heteroatoms. The molecule has 3 aromatic carbocycles. The number of hydrogen-bond donors (Lipinski definition) is 0. The molecular formula is C20H14ClNO2S. The van der Waals surface area contributed by atoms with Crippen molar-refractivity contribution >= 4 is 49.9 Å². The van der Waals surface area contributed by atoms with Gasteiger partial charge >= 0.3 is 5.97 Å². The summed E-state index contributed by atoms with van der Waals surface area (Å²) in [5.41, 5.74) is 0.972. The molecule has 0 N–H and O–H groups in total. The summed E-state index contributed by atoms with van der Waals surface area (Å²) in [5, 5.41) is 3.30. The molecule has 0 unspecified atom stereocenters. The first-order valence-corrected chi connectivity index (χ1v) is 9.12. The molecule has 4 rings (SSSR count). The van der Waals surface area contributed by atoms with Gasteiger partial charge < -0.3 is 4.74 Å². The van der Waals surface area contributed by atoms with Gasteiger partial charge in [0, 0.05) is 22.2 Å². The SMILES string of the molecule is O=C(CCc1nc2ccccc2s1)Oc1ccc(Cl)c2ccccc12. The normalized spacial score (nSPS) is 11.1. The van der Waals surface area contributed by atoms with E-state index in [4.69, 9.17) is 16.3 Å². The second-order valence-electron chi connectivity index (χ2n) is 5.64. The fourth-order valence-electron chi connectivity index (χ4n) is 2.73. The molecule has 0 saturated heterocycles. The van der Waals surface area contributed by atoms with E-state index in [1.807, 2.05) is 48.5 Å². The number of para-hydroxylation sites is 1. The maximum absolute atomic E-state index is 12.3. The maximum Gasteiger partial charge on any atom is 0.311 e. The Balaban J connectivity index is 1.48. The summed E-state index contributed by atoms with van der Waals surface area (Å²) in [5.74, 6) is 0.265. The second-order valence-corrected chi connectivity index (χ2v) is 7.16. The zero-order chi connectivity index (χ0) is 17.2. The van der Waals surface area contributed by atoms with Gasteiger partial charge in [-0.1, -0.05) is 48.0 Å². The van der Waals surface area contributed by atoms with Crippen molar-refractivity contribution in [3.63, 3.8) is 0 Å². The molecule has 0 radical (unpaired) electrons. The number of aromatic nitrogens is 1. The molecule has 0 spiro atoms. The van der Waals surface area contributed by atoms with E-state index in [9.17, 15) is 4.79 Å². The Hall–Kier alpha value is -2.43. The van der Waals surface area contributed by atoms with Crippen LogP contribution in [-0.4, -0.2) is 11.0 Å². The predicted octanol–water partition coefficient (Wildman–Crippen LogP) is 5.64. The van der Waals surface area contributed by atoms with Crippen LogP contribution in [0.2, 0.25) is 5.02 Å². The third-order valence-corrected chi connectivity index (χ3v) is 5.36. The summed E-state index contributed by atoms with van der Waals surface area (Å²) < 4.78 is 6.69. The number of halogens is 1. The molecule has 0 aliphatic heterocycles. The van der Waals surface area contributed by atoms with Crippen molar-refractivity contribution in [1.29, 1.82) is 0 Å². The number of hydrogen-bond acceptors (Lipinski definition) is 4. The Morgan fingerprint density at radius 3 is 2.60 bits per heavy atom. The lowest BCUT2D eigenvalue weighted by Gasteiger charge is -2.08. The highest BCUT2D eigenvalue weighted by Gasteiger charge is 2.12. The van der Waals surface area contributed by atoms with Gasteiger partial charge in [0.05, 0.1) is 21.6 Å². The largest absolute Gasteiger partial charge is 0.426 e. The van der Waals surface area contributed by atoms with Crippen molar-refractivity contribution in [2.24, 2.45) is 0 Å². The number of carbonyl (C=O) groups excluding carboxylic acids is 1. The standard InChI is InChI=1S/C20H14ClNO2S/c21-15-9-10-17(14-6-2-1-5-13(14)15)24-20(23)12-11-19-22-16-7-3-4-8-18(16)25-19/h1-10H,11-12H2. The van der Waals surface area contributed by atoms with Gasteiger partial charge in [-0.15, -0.1) is 11.3 Å². The summed E-state index contributed by atoms with van der Waals surface area (Å²) in [6, 6.07) is 19.1. The number of esters is 1. The molecule has 0 atom stereocenters. The van der Waals surface area contributed by atoms with Gasteiger partial charge in [-0.2, -0.15) is 0 Å². The average molecular weight is 368 g/mol. The zero-order valence-corrected chi connectivity index (χ0v) is 14.8. The fraction of sp³-hybridized carbons (Fsp3) is 0.100. The molecule has 124 valence electrons. The van der Waals surface area contributed by atoms with Gasteiger partial charge in [-0.3, -0.25) is 4.79 Å². The Labute approximate surface area is 153 Å².